The zero-order chi connectivity index (χ0) is 21.8. The van der Waals surface area contributed by atoms with E-state index >= 15 is 0 Å². The smallest absolute Gasteiger partial charge is 0.247 e. The van der Waals surface area contributed by atoms with E-state index in [0.29, 0.717) is 18.1 Å². The molecule has 8 heteroatoms. The minimum Gasteiger partial charge on any atom is -0.303 e. The number of hydrogen-bond donors (Lipinski definition) is 1. The van der Waals surface area contributed by atoms with Gasteiger partial charge in [-0.1, -0.05) is 27.7 Å². The quantitative estimate of drug-likeness (QED) is 0.672. The van der Waals surface area contributed by atoms with Crippen LogP contribution in [0, 0.1) is 0 Å². The molecule has 0 aromatic carbocycles. The second kappa shape index (κ2) is 10.4. The van der Waals surface area contributed by atoms with E-state index in [-0.39, 0.29) is 53.0 Å². The normalized spacial score (nSPS) is 23.0. The summed E-state index contributed by atoms with van der Waals surface area (Å²) in [4.78, 5) is 49.2. The second-order valence-electron chi connectivity index (χ2n) is 8.35. The first-order valence-electron chi connectivity index (χ1n) is 10.00. The molecule has 0 aromatic heterocycles. The van der Waals surface area contributed by atoms with E-state index in [0.717, 1.165) is 0 Å². The third-order valence-electron chi connectivity index (χ3n) is 4.33. The Morgan fingerprint density at radius 1 is 0.786 bits per heavy atom. The number of imide groups is 2. The molecule has 0 radical (unpaired) electrons. The fraction of sp³-hybridized carbons (Fsp3) is 0.800. The Morgan fingerprint density at radius 2 is 1.25 bits per heavy atom. The van der Waals surface area contributed by atoms with Crippen molar-refractivity contribution in [2.45, 2.75) is 103 Å². The van der Waals surface area contributed by atoms with Gasteiger partial charge in [-0.15, -0.1) is 11.8 Å². The average molecular weight is 414 g/mol. The number of nitrogens with zero attached hydrogens (tertiary/aromatic N) is 2. The molecular weight excluding hydrogens is 378 g/mol. The van der Waals surface area contributed by atoms with Crippen molar-refractivity contribution >= 4 is 35.4 Å². The number of amides is 4. The summed E-state index contributed by atoms with van der Waals surface area (Å²) in [6.45, 7) is 15.5. The molecule has 28 heavy (non-hydrogen) atoms. The molecule has 7 nitrogen and oxygen atoms in total. The van der Waals surface area contributed by atoms with Crippen LogP contribution in [-0.2, 0) is 19.2 Å². The van der Waals surface area contributed by atoms with Crippen molar-refractivity contribution in [3.05, 3.63) is 0 Å². The van der Waals surface area contributed by atoms with E-state index in [1.165, 1.54) is 9.80 Å². The lowest BCUT2D eigenvalue weighted by Gasteiger charge is -2.19. The standard InChI is InChI=1S/C10H18N2O2.C10H17NO2S/c1-6(2)11-8-5-9(13)12(7(3)4)10(8)14;1-6(2)11-9(12)5-8(10(11)13)14-7(3)4/h6-8,11H,5H2,1-4H3;6-8H,5H2,1-4H3. The summed E-state index contributed by atoms with van der Waals surface area (Å²) >= 11 is 1.58. The van der Waals surface area contributed by atoms with Crippen LogP contribution in [0.15, 0.2) is 0 Å². The minimum atomic E-state index is -0.315. The first-order valence-corrected chi connectivity index (χ1v) is 10.9. The van der Waals surface area contributed by atoms with E-state index in [2.05, 4.69) is 5.32 Å². The lowest BCUT2D eigenvalue weighted by molar-refractivity contribution is -0.142. The molecule has 4 amide bonds. The third kappa shape index (κ3) is 6.30. The van der Waals surface area contributed by atoms with Crippen LogP contribution in [-0.4, -0.2) is 68.1 Å². The number of rotatable bonds is 6. The number of carbonyl (C=O) groups excluding carboxylic acids is 4. The maximum Gasteiger partial charge on any atom is 0.247 e. The Balaban J connectivity index is 0.000000280. The Hall–Kier alpha value is -1.41. The van der Waals surface area contributed by atoms with Gasteiger partial charge < -0.3 is 5.32 Å². The van der Waals surface area contributed by atoms with Crippen molar-refractivity contribution in [3.8, 4) is 0 Å². The van der Waals surface area contributed by atoms with Gasteiger partial charge in [0.1, 0.15) is 0 Å². The molecule has 2 saturated heterocycles. The third-order valence-corrected chi connectivity index (χ3v) is 5.57. The second-order valence-corrected chi connectivity index (χ2v) is 10.1. The van der Waals surface area contributed by atoms with E-state index < -0.39 is 0 Å². The Morgan fingerprint density at radius 3 is 1.61 bits per heavy atom. The number of carbonyl (C=O) groups is 4. The molecule has 2 aliphatic heterocycles. The Kier molecular flexibility index (Phi) is 9.14. The summed E-state index contributed by atoms with van der Waals surface area (Å²) < 4.78 is 0. The van der Waals surface area contributed by atoms with Crippen LogP contribution in [0.4, 0.5) is 0 Å². The van der Waals surface area contributed by atoms with Gasteiger partial charge in [0.25, 0.3) is 0 Å². The minimum absolute atomic E-state index is 0.00670. The van der Waals surface area contributed by atoms with Crippen molar-refractivity contribution in [3.63, 3.8) is 0 Å². The molecule has 2 aliphatic rings. The largest absolute Gasteiger partial charge is 0.303 e. The molecule has 1 N–H and O–H groups in total. The molecule has 2 fully saturated rings. The zero-order valence-corrected chi connectivity index (χ0v) is 19.1. The highest BCUT2D eigenvalue weighted by Crippen LogP contribution is 2.29. The molecule has 2 rings (SSSR count). The number of nitrogens with one attached hydrogen (secondary N) is 1. The van der Waals surface area contributed by atoms with Crippen molar-refractivity contribution < 1.29 is 19.2 Å². The van der Waals surface area contributed by atoms with Crippen LogP contribution >= 0.6 is 11.8 Å². The summed E-state index contributed by atoms with van der Waals surface area (Å²) in [5, 5.41) is 3.34. The monoisotopic (exact) mass is 413 g/mol. The summed E-state index contributed by atoms with van der Waals surface area (Å²) in [5.41, 5.74) is 0. The van der Waals surface area contributed by atoms with Crippen molar-refractivity contribution in [1.29, 1.82) is 0 Å². The lowest BCUT2D eigenvalue weighted by atomic mass is 10.2. The predicted molar refractivity (Wildman–Crippen MR) is 112 cm³/mol. The fourth-order valence-electron chi connectivity index (χ4n) is 3.33. The molecule has 160 valence electrons. The first-order chi connectivity index (χ1) is 12.9. The van der Waals surface area contributed by atoms with Gasteiger partial charge in [0.05, 0.1) is 17.7 Å². The lowest BCUT2D eigenvalue weighted by Crippen LogP contribution is -2.43. The molecule has 0 aromatic rings. The molecule has 0 bridgehead atoms. The van der Waals surface area contributed by atoms with Crippen molar-refractivity contribution in [1.82, 2.24) is 15.1 Å². The Labute approximate surface area is 173 Å². The average Bonchev–Trinajstić information content (AvgIpc) is 2.94. The summed E-state index contributed by atoms with van der Waals surface area (Å²) in [7, 11) is 0. The maximum absolute atomic E-state index is 11.8. The fourth-order valence-corrected chi connectivity index (χ4v) is 4.45. The molecule has 2 heterocycles. The van der Waals surface area contributed by atoms with Crippen molar-refractivity contribution in [2.24, 2.45) is 0 Å². The van der Waals surface area contributed by atoms with Gasteiger partial charge in [-0.25, -0.2) is 0 Å². The van der Waals surface area contributed by atoms with E-state index in [1.54, 1.807) is 11.8 Å². The van der Waals surface area contributed by atoms with Gasteiger partial charge in [-0.2, -0.15) is 0 Å². The Bertz CT molecular complexity index is 552. The van der Waals surface area contributed by atoms with Crippen LogP contribution in [0.1, 0.15) is 68.2 Å². The highest BCUT2D eigenvalue weighted by atomic mass is 32.2. The van der Waals surface area contributed by atoms with Crippen LogP contribution in [0.5, 0.6) is 0 Å². The molecule has 0 spiro atoms. The first kappa shape index (κ1) is 24.6. The van der Waals surface area contributed by atoms with Crippen LogP contribution in [0.3, 0.4) is 0 Å². The predicted octanol–water partition coefficient (Wildman–Crippen LogP) is 2.18. The van der Waals surface area contributed by atoms with Gasteiger partial charge in [0.15, 0.2) is 0 Å². The van der Waals surface area contributed by atoms with Crippen molar-refractivity contribution in [2.75, 3.05) is 0 Å². The van der Waals surface area contributed by atoms with Gasteiger partial charge in [-0.3, -0.25) is 29.0 Å². The number of thioether (sulfide) groups is 1. The number of hydrogen-bond acceptors (Lipinski definition) is 6. The van der Waals surface area contributed by atoms with E-state index in [4.69, 9.17) is 0 Å². The van der Waals surface area contributed by atoms with Gasteiger partial charge in [-0.05, 0) is 32.9 Å². The molecule has 0 saturated carbocycles. The van der Waals surface area contributed by atoms with Crippen LogP contribution < -0.4 is 5.32 Å². The topological polar surface area (TPSA) is 86.8 Å². The maximum atomic E-state index is 11.8. The highest BCUT2D eigenvalue weighted by molar-refractivity contribution is 8.01. The molecule has 2 atom stereocenters. The summed E-state index contributed by atoms with van der Waals surface area (Å²) in [5.74, 6) is -0.186. The number of likely N-dealkylation sites (tertiary alicyclic amines) is 2. The van der Waals surface area contributed by atoms with E-state index in [1.807, 2.05) is 55.4 Å². The summed E-state index contributed by atoms with van der Waals surface area (Å²) in [6, 6.07) is -0.129. The highest BCUT2D eigenvalue weighted by Gasteiger charge is 2.41. The summed E-state index contributed by atoms with van der Waals surface area (Å²) in [6.07, 6.45) is 0.676. The van der Waals surface area contributed by atoms with Crippen LogP contribution in [0.25, 0.3) is 0 Å². The SMILES string of the molecule is CC(C)NC1CC(=O)N(C(C)C)C1=O.CC(C)SC1CC(=O)N(C(C)C)C1=O. The molecule has 2 unspecified atom stereocenters. The molecule has 0 aliphatic carbocycles. The van der Waals surface area contributed by atoms with Gasteiger partial charge in [0, 0.05) is 24.5 Å². The van der Waals surface area contributed by atoms with Gasteiger partial charge >= 0.3 is 0 Å². The zero-order valence-electron chi connectivity index (χ0n) is 18.3. The molecular formula is C20H35N3O4S. The van der Waals surface area contributed by atoms with E-state index in [9.17, 15) is 19.2 Å². The van der Waals surface area contributed by atoms with Gasteiger partial charge in [0.2, 0.25) is 23.6 Å². The van der Waals surface area contributed by atoms with Crippen LogP contribution in [0.2, 0.25) is 0 Å².